The van der Waals surface area contributed by atoms with Crippen LogP contribution in [0.3, 0.4) is 0 Å². The lowest BCUT2D eigenvalue weighted by Crippen LogP contribution is -2.55. The fourth-order valence-electron chi connectivity index (χ4n) is 1.25. The number of hydrogen-bond donors (Lipinski definition) is 2. The van der Waals surface area contributed by atoms with Crippen molar-refractivity contribution in [3.05, 3.63) is 5.82 Å². The van der Waals surface area contributed by atoms with Gasteiger partial charge >= 0.3 is 0 Å². The van der Waals surface area contributed by atoms with Crippen LogP contribution >= 0.6 is 23.3 Å². The van der Waals surface area contributed by atoms with Crippen LogP contribution in [0.25, 0.3) is 0 Å². The molecule has 1 amide bonds. The molecule has 1 heterocycles. The summed E-state index contributed by atoms with van der Waals surface area (Å²) in [6.07, 6.45) is 0.831. The number of carbonyl (C=O) groups is 1. The molecular weight excluding hydrogens is 256 g/mol. The van der Waals surface area contributed by atoms with Gasteiger partial charge in [-0.05, 0) is 25.0 Å². The third-order valence-electron chi connectivity index (χ3n) is 2.36. The van der Waals surface area contributed by atoms with Crippen molar-refractivity contribution in [2.45, 2.75) is 37.1 Å². The highest BCUT2D eigenvalue weighted by Gasteiger charge is 2.30. The Labute approximate surface area is 110 Å². The Morgan fingerprint density at radius 1 is 1.59 bits per heavy atom. The monoisotopic (exact) mass is 274 g/mol. The van der Waals surface area contributed by atoms with Crippen LogP contribution in [-0.4, -0.2) is 33.1 Å². The number of primary amides is 1. The molecule has 5 nitrogen and oxygen atoms in total. The minimum atomic E-state index is -0.697. The standard InChI is InChI=1S/C10H18N4OS2/c1-4-7-13-9(17-14-7)16-6-10(3,8(11)15)12-5-2/h12H,4-6H2,1-3H3,(H2,11,15). The Bertz CT molecular complexity index is 382. The fraction of sp³-hybridized carbons (Fsp3) is 0.700. The van der Waals surface area contributed by atoms with Gasteiger partial charge in [0, 0.05) is 12.2 Å². The second kappa shape index (κ2) is 6.32. The average Bonchev–Trinajstić information content (AvgIpc) is 2.74. The second-order valence-corrected chi connectivity index (χ2v) is 5.82. The molecule has 1 atom stereocenters. The van der Waals surface area contributed by atoms with E-state index >= 15 is 0 Å². The topological polar surface area (TPSA) is 80.9 Å². The minimum absolute atomic E-state index is 0.341. The zero-order chi connectivity index (χ0) is 12.9. The van der Waals surface area contributed by atoms with Crippen LogP contribution in [0.2, 0.25) is 0 Å². The summed E-state index contributed by atoms with van der Waals surface area (Å²) >= 11 is 2.88. The summed E-state index contributed by atoms with van der Waals surface area (Å²) in [4.78, 5) is 15.7. The molecule has 0 aromatic carbocycles. The molecule has 0 radical (unpaired) electrons. The number of hydrogen-bond acceptors (Lipinski definition) is 6. The van der Waals surface area contributed by atoms with Gasteiger partial charge in [0.15, 0.2) is 4.34 Å². The largest absolute Gasteiger partial charge is 0.368 e. The Morgan fingerprint density at radius 3 is 2.76 bits per heavy atom. The summed E-state index contributed by atoms with van der Waals surface area (Å²) in [6.45, 7) is 6.48. The molecule has 1 aromatic rings. The molecule has 1 rings (SSSR count). The van der Waals surface area contributed by atoms with Crippen molar-refractivity contribution >= 4 is 29.2 Å². The van der Waals surface area contributed by atoms with Gasteiger partial charge in [0.05, 0.1) is 0 Å². The molecule has 3 N–H and O–H groups in total. The first kappa shape index (κ1) is 14.4. The SMILES string of the molecule is CCNC(C)(CSc1nc(CC)ns1)C(N)=O. The number of amides is 1. The predicted molar refractivity (Wildman–Crippen MR) is 71.3 cm³/mol. The quantitative estimate of drug-likeness (QED) is 0.726. The van der Waals surface area contributed by atoms with E-state index in [1.807, 2.05) is 20.8 Å². The van der Waals surface area contributed by atoms with Crippen LogP contribution in [0.4, 0.5) is 0 Å². The fourth-order valence-corrected chi connectivity index (χ4v) is 3.07. The zero-order valence-corrected chi connectivity index (χ0v) is 12.0. The average molecular weight is 274 g/mol. The van der Waals surface area contributed by atoms with E-state index in [1.165, 1.54) is 23.3 Å². The highest BCUT2D eigenvalue weighted by molar-refractivity contribution is 8.01. The number of rotatable bonds is 7. The molecule has 0 spiro atoms. The summed E-state index contributed by atoms with van der Waals surface area (Å²) in [6, 6.07) is 0. The van der Waals surface area contributed by atoms with Crippen LogP contribution in [0.15, 0.2) is 4.34 Å². The maximum Gasteiger partial charge on any atom is 0.238 e. The Kier molecular flexibility index (Phi) is 5.35. The number of nitrogens with zero attached hydrogens (tertiary/aromatic N) is 2. The van der Waals surface area contributed by atoms with E-state index in [9.17, 15) is 4.79 Å². The lowest BCUT2D eigenvalue weighted by Gasteiger charge is -2.25. The van der Waals surface area contributed by atoms with Crippen LogP contribution in [0.5, 0.6) is 0 Å². The molecule has 0 saturated carbocycles. The van der Waals surface area contributed by atoms with Crippen LogP contribution in [0, 0.1) is 0 Å². The second-order valence-electron chi connectivity index (χ2n) is 3.85. The van der Waals surface area contributed by atoms with Gasteiger partial charge in [-0.2, -0.15) is 4.37 Å². The Balaban J connectivity index is 2.60. The number of nitrogens with one attached hydrogen (secondary N) is 1. The van der Waals surface area contributed by atoms with Crippen molar-refractivity contribution in [2.24, 2.45) is 5.73 Å². The molecule has 1 unspecified atom stereocenters. The number of carbonyl (C=O) groups excluding carboxylic acids is 1. The Hall–Kier alpha value is -0.660. The van der Waals surface area contributed by atoms with Gasteiger partial charge in [0.25, 0.3) is 0 Å². The van der Waals surface area contributed by atoms with Crippen molar-refractivity contribution in [3.8, 4) is 0 Å². The third kappa shape index (κ3) is 3.93. The molecule has 0 aliphatic carbocycles. The van der Waals surface area contributed by atoms with E-state index in [4.69, 9.17) is 5.73 Å². The summed E-state index contributed by atoms with van der Waals surface area (Å²) in [7, 11) is 0. The van der Waals surface area contributed by atoms with Crippen LogP contribution < -0.4 is 11.1 Å². The molecule has 0 bridgehead atoms. The molecule has 0 aliphatic rings. The van der Waals surface area contributed by atoms with Crippen molar-refractivity contribution < 1.29 is 4.79 Å². The number of aryl methyl sites for hydroxylation is 1. The molecule has 0 aliphatic heterocycles. The van der Waals surface area contributed by atoms with E-state index in [0.29, 0.717) is 12.3 Å². The van der Waals surface area contributed by atoms with Gasteiger partial charge in [-0.3, -0.25) is 4.79 Å². The van der Waals surface area contributed by atoms with Gasteiger partial charge in [-0.15, -0.1) is 0 Å². The number of thioether (sulfide) groups is 1. The summed E-state index contributed by atoms with van der Waals surface area (Å²) in [5.74, 6) is 1.07. The van der Waals surface area contributed by atoms with Crippen LogP contribution in [0.1, 0.15) is 26.6 Å². The minimum Gasteiger partial charge on any atom is -0.368 e. The van der Waals surface area contributed by atoms with Crippen LogP contribution in [-0.2, 0) is 11.2 Å². The van der Waals surface area contributed by atoms with E-state index in [1.54, 1.807) is 0 Å². The van der Waals surface area contributed by atoms with Gasteiger partial charge < -0.3 is 11.1 Å². The first-order valence-electron chi connectivity index (χ1n) is 5.52. The molecule has 0 fully saturated rings. The van der Waals surface area contributed by atoms with Crippen molar-refractivity contribution in [2.75, 3.05) is 12.3 Å². The van der Waals surface area contributed by atoms with Gasteiger partial charge in [0.2, 0.25) is 5.91 Å². The van der Waals surface area contributed by atoms with Crippen molar-refractivity contribution in [1.82, 2.24) is 14.7 Å². The maximum atomic E-state index is 11.4. The summed E-state index contributed by atoms with van der Waals surface area (Å²) < 4.78 is 5.08. The normalized spacial score (nSPS) is 14.5. The summed E-state index contributed by atoms with van der Waals surface area (Å²) in [5, 5.41) is 3.11. The molecule has 1 aromatic heterocycles. The highest BCUT2D eigenvalue weighted by Crippen LogP contribution is 2.24. The third-order valence-corrected chi connectivity index (χ3v) is 4.55. The smallest absolute Gasteiger partial charge is 0.238 e. The first-order chi connectivity index (χ1) is 8.01. The maximum absolute atomic E-state index is 11.4. The van der Waals surface area contributed by atoms with Crippen molar-refractivity contribution in [3.63, 3.8) is 0 Å². The lowest BCUT2D eigenvalue weighted by molar-refractivity contribution is -0.122. The molecule has 17 heavy (non-hydrogen) atoms. The molecular formula is C10H18N4OS2. The van der Waals surface area contributed by atoms with E-state index in [0.717, 1.165) is 16.6 Å². The van der Waals surface area contributed by atoms with Gasteiger partial charge in [0.1, 0.15) is 11.4 Å². The lowest BCUT2D eigenvalue weighted by atomic mass is 10.1. The first-order valence-corrected chi connectivity index (χ1v) is 7.28. The zero-order valence-electron chi connectivity index (χ0n) is 10.3. The number of likely N-dealkylation sites (N-methyl/N-ethyl adjacent to an activating group) is 1. The summed E-state index contributed by atoms with van der Waals surface area (Å²) in [5.41, 5.74) is 4.71. The highest BCUT2D eigenvalue weighted by atomic mass is 32.2. The predicted octanol–water partition coefficient (Wildman–Crippen LogP) is 1.05. The number of aromatic nitrogens is 2. The number of nitrogens with two attached hydrogens (primary N) is 1. The molecule has 7 heteroatoms. The van der Waals surface area contributed by atoms with Gasteiger partial charge in [-0.1, -0.05) is 25.6 Å². The molecule has 0 saturated heterocycles. The van der Waals surface area contributed by atoms with E-state index < -0.39 is 5.54 Å². The van der Waals surface area contributed by atoms with Gasteiger partial charge in [-0.25, -0.2) is 4.98 Å². The Morgan fingerprint density at radius 2 is 2.29 bits per heavy atom. The molecule has 96 valence electrons. The van der Waals surface area contributed by atoms with E-state index in [-0.39, 0.29) is 5.91 Å². The van der Waals surface area contributed by atoms with E-state index in [2.05, 4.69) is 14.7 Å². The van der Waals surface area contributed by atoms with Crippen molar-refractivity contribution in [1.29, 1.82) is 0 Å².